The lowest BCUT2D eigenvalue weighted by molar-refractivity contribution is 0.0944. The fraction of sp³-hybridized carbons (Fsp3) is 0.125. The number of hydrogen-bond donors (Lipinski definition) is 0. The first-order chi connectivity index (χ1) is 14.7. The van der Waals surface area contributed by atoms with Gasteiger partial charge in [0.05, 0.1) is 6.61 Å². The average Bonchev–Trinajstić information content (AvgIpc) is 3.22. The number of carbonyl (C=O) groups is 1. The number of benzene rings is 3. The van der Waals surface area contributed by atoms with Gasteiger partial charge in [-0.2, -0.15) is 9.67 Å². The van der Waals surface area contributed by atoms with Crippen molar-refractivity contribution in [2.75, 3.05) is 6.61 Å². The molecule has 0 unspecified atom stereocenters. The zero-order valence-corrected chi connectivity index (χ0v) is 17.2. The van der Waals surface area contributed by atoms with Crippen molar-refractivity contribution < 1.29 is 9.53 Å². The predicted molar refractivity (Wildman–Crippen MR) is 118 cm³/mol. The van der Waals surface area contributed by atoms with E-state index in [1.165, 1.54) is 4.68 Å². The maximum atomic E-state index is 13.2. The zero-order chi connectivity index (χ0) is 20.9. The van der Waals surface area contributed by atoms with E-state index < -0.39 is 0 Å². The minimum absolute atomic E-state index is 0.168. The highest BCUT2D eigenvalue weighted by Gasteiger charge is 2.20. The van der Waals surface area contributed by atoms with Crippen LogP contribution >= 0.6 is 11.6 Å². The molecule has 0 atom stereocenters. The molecule has 0 N–H and O–H groups in total. The first-order valence-corrected chi connectivity index (χ1v) is 10.1. The van der Waals surface area contributed by atoms with Gasteiger partial charge in [0.2, 0.25) is 0 Å². The molecule has 0 aliphatic rings. The molecular formula is C24H20ClN3O2. The minimum atomic E-state index is -0.288. The number of hydrogen-bond acceptors (Lipinski definition) is 4. The molecule has 0 aliphatic carbocycles. The summed E-state index contributed by atoms with van der Waals surface area (Å²) in [5, 5.41) is 4.85. The van der Waals surface area contributed by atoms with Gasteiger partial charge < -0.3 is 4.74 Å². The van der Waals surface area contributed by atoms with Gasteiger partial charge in [0.15, 0.2) is 5.82 Å². The van der Waals surface area contributed by atoms with Crippen molar-refractivity contribution in [1.82, 2.24) is 14.8 Å². The summed E-state index contributed by atoms with van der Waals surface area (Å²) < 4.78 is 6.83. The highest BCUT2D eigenvalue weighted by atomic mass is 35.5. The Morgan fingerprint density at radius 1 is 0.933 bits per heavy atom. The normalized spacial score (nSPS) is 10.7. The lowest BCUT2D eigenvalue weighted by atomic mass is 10.0. The largest absolute Gasteiger partial charge is 0.462 e. The second-order valence-electron chi connectivity index (χ2n) is 6.74. The van der Waals surface area contributed by atoms with Crippen molar-refractivity contribution in [3.63, 3.8) is 0 Å². The Balaban J connectivity index is 1.69. The maximum absolute atomic E-state index is 13.2. The summed E-state index contributed by atoms with van der Waals surface area (Å²) in [6.45, 7) is 2.47. The molecule has 0 aliphatic heterocycles. The number of nitrogens with zero attached hydrogens (tertiary/aromatic N) is 3. The van der Waals surface area contributed by atoms with Crippen molar-refractivity contribution in [3.8, 4) is 28.5 Å². The van der Waals surface area contributed by atoms with Crippen molar-refractivity contribution in [3.05, 3.63) is 89.4 Å². The van der Waals surface area contributed by atoms with Gasteiger partial charge in [0.1, 0.15) is 0 Å². The van der Waals surface area contributed by atoms with E-state index in [0.717, 1.165) is 17.5 Å². The lowest BCUT2D eigenvalue weighted by Crippen LogP contribution is -2.15. The smallest absolute Gasteiger partial charge is 0.336 e. The van der Waals surface area contributed by atoms with Crippen LogP contribution in [0.15, 0.2) is 78.9 Å². The van der Waals surface area contributed by atoms with E-state index in [2.05, 4.69) is 10.1 Å². The summed E-state index contributed by atoms with van der Waals surface area (Å²) in [7, 11) is 0. The predicted octanol–water partition coefficient (Wildman–Crippen LogP) is 5.74. The van der Waals surface area contributed by atoms with Gasteiger partial charge in [-0.25, -0.2) is 0 Å². The molecule has 0 bridgehead atoms. The summed E-state index contributed by atoms with van der Waals surface area (Å²) >= 11 is 6.14. The fourth-order valence-electron chi connectivity index (χ4n) is 3.06. The fourth-order valence-corrected chi connectivity index (χ4v) is 3.25. The van der Waals surface area contributed by atoms with E-state index in [1.807, 2.05) is 61.5 Å². The summed E-state index contributed by atoms with van der Waals surface area (Å²) in [6.07, 6.45) is 0.815. The van der Waals surface area contributed by atoms with E-state index in [1.54, 1.807) is 24.3 Å². The topological polar surface area (TPSA) is 57.0 Å². The van der Waals surface area contributed by atoms with Crippen LogP contribution in [0.1, 0.15) is 23.7 Å². The molecule has 0 fully saturated rings. The quantitative estimate of drug-likeness (QED) is 0.401. The second-order valence-corrected chi connectivity index (χ2v) is 7.17. The lowest BCUT2D eigenvalue weighted by Gasteiger charge is -2.06. The van der Waals surface area contributed by atoms with Gasteiger partial charge in [-0.05, 0) is 41.8 Å². The van der Waals surface area contributed by atoms with E-state index in [4.69, 9.17) is 16.3 Å². The van der Waals surface area contributed by atoms with E-state index >= 15 is 0 Å². The molecule has 0 saturated heterocycles. The second kappa shape index (κ2) is 8.93. The van der Waals surface area contributed by atoms with Crippen molar-refractivity contribution in [2.24, 2.45) is 0 Å². The van der Waals surface area contributed by atoms with Crippen LogP contribution in [0, 0.1) is 0 Å². The van der Waals surface area contributed by atoms with E-state index in [-0.39, 0.29) is 11.9 Å². The third-order valence-electron chi connectivity index (χ3n) is 4.54. The van der Waals surface area contributed by atoms with Crippen LogP contribution in [-0.4, -0.2) is 27.3 Å². The molecule has 0 saturated carbocycles. The van der Waals surface area contributed by atoms with Crippen molar-refractivity contribution in [2.45, 2.75) is 13.3 Å². The third-order valence-corrected chi connectivity index (χ3v) is 4.77. The molecule has 0 radical (unpaired) electrons. The average molecular weight is 418 g/mol. The maximum Gasteiger partial charge on any atom is 0.336 e. The van der Waals surface area contributed by atoms with Gasteiger partial charge in [-0.1, -0.05) is 73.1 Å². The SMILES string of the molecule is CCCOc1nc(-c2cccc(Cl)c2)n(C(=O)c2ccc(-c3ccccc3)cc2)n1. The molecule has 6 heteroatoms. The Labute approximate surface area is 179 Å². The standard InChI is InChI=1S/C24H20ClN3O2/c1-2-15-30-24-26-22(20-9-6-10-21(25)16-20)28(27-24)23(29)19-13-11-18(12-14-19)17-7-4-3-5-8-17/h3-14,16H,2,15H2,1H3. The van der Waals surface area contributed by atoms with Crippen LogP contribution < -0.4 is 4.74 Å². The van der Waals surface area contributed by atoms with Gasteiger partial charge >= 0.3 is 6.01 Å². The van der Waals surface area contributed by atoms with Crippen molar-refractivity contribution >= 4 is 17.5 Å². The summed E-state index contributed by atoms with van der Waals surface area (Å²) in [6, 6.07) is 24.8. The number of aromatic nitrogens is 3. The highest BCUT2D eigenvalue weighted by Crippen LogP contribution is 2.25. The first-order valence-electron chi connectivity index (χ1n) is 9.71. The Bertz CT molecular complexity index is 1150. The Kier molecular flexibility index (Phi) is 5.91. The van der Waals surface area contributed by atoms with Crippen LogP contribution in [0.5, 0.6) is 6.01 Å². The molecule has 0 amide bonds. The Hall–Kier alpha value is -3.44. The number of rotatable bonds is 6. The van der Waals surface area contributed by atoms with Crippen LogP contribution in [0.4, 0.5) is 0 Å². The molecule has 4 rings (SSSR count). The zero-order valence-electron chi connectivity index (χ0n) is 16.5. The Morgan fingerprint density at radius 3 is 2.33 bits per heavy atom. The van der Waals surface area contributed by atoms with E-state index in [9.17, 15) is 4.79 Å². The molecular weight excluding hydrogens is 398 g/mol. The van der Waals surface area contributed by atoms with Gasteiger partial charge in [0, 0.05) is 16.1 Å². The van der Waals surface area contributed by atoms with E-state index in [0.29, 0.717) is 28.6 Å². The molecule has 0 spiro atoms. The minimum Gasteiger partial charge on any atom is -0.462 e. The van der Waals surface area contributed by atoms with Gasteiger partial charge in [-0.3, -0.25) is 4.79 Å². The van der Waals surface area contributed by atoms with Crippen molar-refractivity contribution in [1.29, 1.82) is 0 Å². The first kappa shape index (κ1) is 19.9. The van der Waals surface area contributed by atoms with Crippen LogP contribution in [0.25, 0.3) is 22.5 Å². The number of carbonyl (C=O) groups excluding carboxylic acids is 1. The monoisotopic (exact) mass is 417 g/mol. The summed E-state index contributed by atoms with van der Waals surface area (Å²) in [5.74, 6) is 0.101. The highest BCUT2D eigenvalue weighted by molar-refractivity contribution is 6.30. The number of halogens is 1. The molecule has 5 nitrogen and oxygen atoms in total. The summed E-state index contributed by atoms with van der Waals surface area (Å²) in [4.78, 5) is 17.7. The third kappa shape index (κ3) is 4.26. The molecule has 3 aromatic carbocycles. The molecule has 4 aromatic rings. The van der Waals surface area contributed by atoms with Gasteiger partial charge in [-0.15, -0.1) is 5.10 Å². The molecule has 150 valence electrons. The van der Waals surface area contributed by atoms with Crippen LogP contribution in [0.2, 0.25) is 5.02 Å². The Morgan fingerprint density at radius 2 is 1.63 bits per heavy atom. The van der Waals surface area contributed by atoms with Gasteiger partial charge in [0.25, 0.3) is 5.91 Å². The molecule has 1 heterocycles. The van der Waals surface area contributed by atoms with Crippen LogP contribution in [0.3, 0.4) is 0 Å². The molecule has 30 heavy (non-hydrogen) atoms. The number of ether oxygens (including phenoxy) is 1. The molecule has 1 aromatic heterocycles. The van der Waals surface area contributed by atoms with Crippen LogP contribution in [-0.2, 0) is 0 Å². The summed E-state index contributed by atoms with van der Waals surface area (Å²) in [5.41, 5.74) is 3.32.